The third kappa shape index (κ3) is 5.04. The predicted octanol–water partition coefficient (Wildman–Crippen LogP) is 12.9. The van der Waals surface area contributed by atoms with E-state index in [0.717, 1.165) is 84.4 Å². The third-order valence-corrected chi connectivity index (χ3v) is 12.4. The summed E-state index contributed by atoms with van der Waals surface area (Å²) in [6.45, 7) is 6.60. The Morgan fingerprint density at radius 1 is 0.458 bits per heavy atom. The smallest absolute Gasteiger partial charge is 0.262 e. The fourth-order valence-corrected chi connectivity index (χ4v) is 9.78. The minimum Gasteiger partial charge on any atom is -0.458 e. The van der Waals surface area contributed by atoms with Gasteiger partial charge in [0.15, 0.2) is 0 Å². The molecule has 0 radical (unpaired) electrons. The molecule has 0 aliphatic carbocycles. The Bertz CT molecular complexity index is 3120. The summed E-state index contributed by atoms with van der Waals surface area (Å²) < 4.78 is 14.5. The van der Waals surface area contributed by atoms with Crippen molar-refractivity contribution in [2.75, 3.05) is 9.80 Å². The molecule has 59 heavy (non-hydrogen) atoms. The zero-order valence-electron chi connectivity index (χ0n) is 33.1. The molecule has 5 heteroatoms. The van der Waals surface area contributed by atoms with Crippen LogP contribution in [0, 0.1) is 0 Å². The maximum absolute atomic E-state index is 7.24. The van der Waals surface area contributed by atoms with Crippen LogP contribution in [0.2, 0.25) is 0 Å². The third-order valence-electron chi connectivity index (χ3n) is 12.4. The van der Waals surface area contributed by atoms with Crippen molar-refractivity contribution in [3.05, 3.63) is 188 Å². The zero-order valence-corrected chi connectivity index (χ0v) is 33.1. The zero-order chi connectivity index (χ0) is 39.4. The molecular weight excluding hydrogens is 719 g/mol. The van der Waals surface area contributed by atoms with E-state index < -0.39 is 0 Å². The highest BCUT2D eigenvalue weighted by Crippen LogP contribution is 2.53. The lowest BCUT2D eigenvalue weighted by molar-refractivity contribution is 0.459. The molecular formula is C54H39BN2O2. The summed E-state index contributed by atoms with van der Waals surface area (Å²) in [5.74, 6) is 3.42. The normalized spacial score (nSPS) is 13.2. The van der Waals surface area contributed by atoms with E-state index in [1.807, 2.05) is 0 Å². The number of rotatable bonds is 4. The number of hydrogen-bond donors (Lipinski definition) is 0. The van der Waals surface area contributed by atoms with Crippen molar-refractivity contribution < 1.29 is 9.47 Å². The molecule has 0 saturated heterocycles. The van der Waals surface area contributed by atoms with Gasteiger partial charge in [-0.05, 0) is 92.8 Å². The Morgan fingerprint density at radius 3 is 1.66 bits per heavy atom. The first-order valence-corrected chi connectivity index (χ1v) is 20.5. The van der Waals surface area contributed by atoms with E-state index in [2.05, 4.69) is 213 Å². The molecule has 0 saturated carbocycles. The van der Waals surface area contributed by atoms with Gasteiger partial charge in [0.25, 0.3) is 6.71 Å². The fourth-order valence-electron chi connectivity index (χ4n) is 9.78. The highest BCUT2D eigenvalue weighted by atomic mass is 16.5. The van der Waals surface area contributed by atoms with E-state index in [1.165, 1.54) is 27.4 Å². The van der Waals surface area contributed by atoms with Crippen LogP contribution < -0.4 is 35.7 Å². The monoisotopic (exact) mass is 758 g/mol. The highest BCUT2D eigenvalue weighted by molar-refractivity contribution is 7.01. The van der Waals surface area contributed by atoms with Crippen LogP contribution in [0.1, 0.15) is 26.3 Å². The van der Waals surface area contributed by atoms with Gasteiger partial charge in [0, 0.05) is 51.0 Å². The van der Waals surface area contributed by atoms with Crippen molar-refractivity contribution in [2.24, 2.45) is 0 Å². The molecule has 280 valence electrons. The van der Waals surface area contributed by atoms with E-state index in [1.54, 1.807) is 0 Å². The van der Waals surface area contributed by atoms with E-state index >= 15 is 0 Å². The lowest BCUT2D eigenvalue weighted by atomic mass is 9.33. The molecule has 0 aromatic heterocycles. The average molecular weight is 759 g/mol. The lowest BCUT2D eigenvalue weighted by Gasteiger charge is -2.39. The summed E-state index contributed by atoms with van der Waals surface area (Å²) in [4.78, 5) is 4.76. The molecule has 0 fully saturated rings. The molecule has 9 aromatic carbocycles. The van der Waals surface area contributed by atoms with Gasteiger partial charge in [-0.15, -0.1) is 0 Å². The van der Waals surface area contributed by atoms with Gasteiger partial charge < -0.3 is 19.3 Å². The van der Waals surface area contributed by atoms with Gasteiger partial charge in [-0.2, -0.15) is 0 Å². The first kappa shape index (κ1) is 33.9. The summed E-state index contributed by atoms with van der Waals surface area (Å²) in [6, 6.07) is 65.5. The van der Waals surface area contributed by atoms with Gasteiger partial charge in [-0.1, -0.05) is 136 Å². The SMILES string of the molecule is CC(C)(C)c1cc2c3c(c1)Oc1cc4c5c(cccc5c1B3c1c(cc(N(c3ccccc3)c3ccccc3)c3ccccc13)O2)-c1ccccc1N4c1ccccc1. The van der Waals surface area contributed by atoms with Gasteiger partial charge in [0.05, 0.1) is 17.1 Å². The number of nitrogens with zero attached hydrogens (tertiary/aromatic N) is 2. The molecule has 4 nitrogen and oxygen atoms in total. The van der Waals surface area contributed by atoms with Crippen LogP contribution in [0.25, 0.3) is 32.7 Å². The largest absolute Gasteiger partial charge is 0.458 e. The van der Waals surface area contributed by atoms with E-state index in [-0.39, 0.29) is 12.1 Å². The molecule has 9 aromatic rings. The predicted molar refractivity (Wildman–Crippen MR) is 246 cm³/mol. The van der Waals surface area contributed by atoms with Crippen molar-refractivity contribution in [3.8, 4) is 34.1 Å². The Kier molecular flexibility index (Phi) is 7.25. The van der Waals surface area contributed by atoms with Crippen LogP contribution in [0.4, 0.5) is 34.1 Å². The first-order valence-electron chi connectivity index (χ1n) is 20.5. The maximum atomic E-state index is 7.24. The summed E-state index contributed by atoms with van der Waals surface area (Å²) in [7, 11) is 0. The number of hydrogen-bond acceptors (Lipinski definition) is 4. The second kappa shape index (κ2) is 12.6. The quantitative estimate of drug-likeness (QED) is 0.167. The van der Waals surface area contributed by atoms with Crippen LogP contribution in [0.3, 0.4) is 0 Å². The van der Waals surface area contributed by atoms with Gasteiger partial charge >= 0.3 is 0 Å². The maximum Gasteiger partial charge on any atom is 0.262 e. The van der Waals surface area contributed by atoms with Gasteiger partial charge in [-0.25, -0.2) is 0 Å². The van der Waals surface area contributed by atoms with Crippen LogP contribution in [0.5, 0.6) is 23.0 Å². The van der Waals surface area contributed by atoms with Crippen LogP contribution >= 0.6 is 0 Å². The average Bonchev–Trinajstić information content (AvgIpc) is 3.27. The second-order valence-electron chi connectivity index (χ2n) is 16.9. The number of ether oxygens (including phenoxy) is 2. The van der Waals surface area contributed by atoms with Crippen molar-refractivity contribution in [1.29, 1.82) is 0 Å². The van der Waals surface area contributed by atoms with E-state index in [4.69, 9.17) is 9.47 Å². The molecule has 3 aliphatic rings. The minimum absolute atomic E-state index is 0.141. The Morgan fingerprint density at radius 2 is 0.983 bits per heavy atom. The molecule has 0 spiro atoms. The lowest BCUT2D eigenvalue weighted by Crippen LogP contribution is -2.58. The summed E-state index contributed by atoms with van der Waals surface area (Å²) in [5, 5.41) is 4.71. The number of anilines is 6. The van der Waals surface area contributed by atoms with E-state index in [0.29, 0.717) is 0 Å². The molecule has 3 heterocycles. The van der Waals surface area contributed by atoms with E-state index in [9.17, 15) is 0 Å². The Hall–Kier alpha value is -7.24. The summed E-state index contributed by atoms with van der Waals surface area (Å²) >= 11 is 0. The molecule has 3 aliphatic heterocycles. The van der Waals surface area contributed by atoms with Gasteiger partial charge in [0.1, 0.15) is 23.0 Å². The molecule has 0 atom stereocenters. The van der Waals surface area contributed by atoms with Crippen molar-refractivity contribution in [1.82, 2.24) is 0 Å². The van der Waals surface area contributed by atoms with Crippen LogP contribution in [-0.2, 0) is 5.41 Å². The number of para-hydroxylation sites is 4. The highest BCUT2D eigenvalue weighted by Gasteiger charge is 2.45. The Balaban J connectivity index is 1.18. The van der Waals surface area contributed by atoms with Gasteiger partial charge in [0.2, 0.25) is 0 Å². The van der Waals surface area contributed by atoms with Gasteiger partial charge in [-0.3, -0.25) is 0 Å². The van der Waals surface area contributed by atoms with Crippen molar-refractivity contribution >= 4 is 78.8 Å². The molecule has 0 amide bonds. The molecule has 0 N–H and O–H groups in total. The number of fused-ring (bicyclic) bond motifs is 9. The fraction of sp³-hybridized carbons (Fsp3) is 0.0741. The minimum atomic E-state index is -0.158. The van der Waals surface area contributed by atoms with Crippen LogP contribution in [-0.4, -0.2) is 6.71 Å². The molecule has 12 rings (SSSR count). The molecule has 0 unspecified atom stereocenters. The second-order valence-corrected chi connectivity index (χ2v) is 16.9. The van der Waals surface area contributed by atoms with Crippen LogP contribution in [0.15, 0.2) is 182 Å². The topological polar surface area (TPSA) is 24.9 Å². The first-order chi connectivity index (χ1) is 28.9. The Labute approximate surface area is 344 Å². The molecule has 0 bridgehead atoms. The standard InChI is InChI=1S/C54H39BN2O2/c1-54(2,3)34-30-46-53-47(31-34)59-49-33-45-50-40(38-24-15-16-29-43(38)57(45)37-22-11-6-12-23-37)27-17-28-42(50)52(49)55(53)51-41-26-14-13-25-39(41)44(32-48(51)58-46)56(35-18-7-4-8-19-35)36-20-9-5-10-21-36/h4-33H,1-3H3. The summed E-state index contributed by atoms with van der Waals surface area (Å²) in [5.41, 5.74) is 13.5. The van der Waals surface area contributed by atoms with Crippen molar-refractivity contribution in [2.45, 2.75) is 26.2 Å². The van der Waals surface area contributed by atoms with Crippen molar-refractivity contribution in [3.63, 3.8) is 0 Å². The summed E-state index contributed by atoms with van der Waals surface area (Å²) in [6.07, 6.45) is 0. The number of benzene rings is 9.